The first kappa shape index (κ1) is 30.8. The Balaban J connectivity index is 1.41. The second-order valence-electron chi connectivity index (χ2n) is 12.5. The monoisotopic (exact) mass is 597 g/mol. The van der Waals surface area contributed by atoms with E-state index in [2.05, 4.69) is 0 Å². The van der Waals surface area contributed by atoms with Gasteiger partial charge in [-0.15, -0.1) is 0 Å². The Morgan fingerprint density at radius 1 is 0.909 bits per heavy atom. The van der Waals surface area contributed by atoms with Crippen molar-refractivity contribution in [2.45, 2.75) is 64.1 Å². The van der Waals surface area contributed by atoms with E-state index in [0.29, 0.717) is 25.1 Å². The van der Waals surface area contributed by atoms with Crippen LogP contribution in [0, 0.1) is 0 Å². The Bertz CT molecular complexity index is 1530. The molecule has 2 heterocycles. The zero-order valence-electron chi connectivity index (χ0n) is 25.4. The van der Waals surface area contributed by atoms with Gasteiger partial charge in [-0.25, -0.2) is 4.79 Å². The summed E-state index contributed by atoms with van der Waals surface area (Å²) in [6.07, 6.45) is 0.125. The van der Waals surface area contributed by atoms with E-state index < -0.39 is 23.7 Å². The lowest BCUT2D eigenvalue weighted by Gasteiger charge is -2.36. The number of benzene rings is 3. The number of carboxylic acid groups (broad SMARTS) is 1. The Labute approximate surface area is 258 Å². The van der Waals surface area contributed by atoms with Crippen LogP contribution in [0.15, 0.2) is 78.9 Å². The van der Waals surface area contributed by atoms with E-state index in [0.717, 1.165) is 22.3 Å². The molecule has 0 radical (unpaired) electrons. The van der Waals surface area contributed by atoms with Gasteiger partial charge in [-0.3, -0.25) is 19.3 Å². The number of aliphatic carboxylic acids is 1. The molecule has 9 heteroatoms. The van der Waals surface area contributed by atoms with Crippen molar-refractivity contribution in [3.63, 3.8) is 0 Å². The van der Waals surface area contributed by atoms with Crippen LogP contribution in [-0.2, 0) is 38.5 Å². The largest absolute Gasteiger partial charge is 0.481 e. The summed E-state index contributed by atoms with van der Waals surface area (Å²) in [4.78, 5) is 58.0. The smallest absolute Gasteiger partial charge is 0.415 e. The summed E-state index contributed by atoms with van der Waals surface area (Å²) in [6, 6.07) is 23.8. The van der Waals surface area contributed by atoms with Gasteiger partial charge in [-0.2, -0.15) is 0 Å². The molecule has 0 saturated heterocycles. The number of carbonyl (C=O) groups is 4. The predicted octanol–water partition coefficient (Wildman–Crippen LogP) is 5.02. The maximum absolute atomic E-state index is 14.4. The van der Waals surface area contributed by atoms with Gasteiger partial charge in [-0.05, 0) is 55.5 Å². The highest BCUT2D eigenvalue weighted by molar-refractivity contribution is 6.01. The summed E-state index contributed by atoms with van der Waals surface area (Å²) < 4.78 is 5.71. The van der Waals surface area contributed by atoms with Crippen molar-refractivity contribution in [1.82, 2.24) is 9.80 Å². The summed E-state index contributed by atoms with van der Waals surface area (Å²) in [6.45, 7) is 6.01. The molecule has 230 valence electrons. The second-order valence-corrected chi connectivity index (χ2v) is 12.5. The van der Waals surface area contributed by atoms with Crippen molar-refractivity contribution >= 4 is 29.6 Å². The van der Waals surface area contributed by atoms with E-state index in [4.69, 9.17) is 4.74 Å². The number of hydrogen-bond acceptors (Lipinski definition) is 5. The molecule has 0 fully saturated rings. The number of ether oxygens (including phenoxy) is 1. The third-order valence-corrected chi connectivity index (χ3v) is 8.07. The van der Waals surface area contributed by atoms with Crippen LogP contribution in [0.25, 0.3) is 0 Å². The number of nitrogens with zero attached hydrogens (tertiary/aromatic N) is 3. The standard InChI is InChI=1S/C35H39N3O6/c1-35(2,3)44-34(43)38-29-16-10-8-13-25(29)19-30(38)33(42)36(18-17-24-11-5-4-6-12-24)23-31(39)37-21-26-14-7-9-15-28(26)27(22-37)20-32(40)41/h4-16,27,30H,17-23H2,1-3H3,(H,40,41)/t27-,30+/m0/s1. The van der Waals surface area contributed by atoms with Crippen molar-refractivity contribution in [3.05, 3.63) is 101 Å². The summed E-state index contributed by atoms with van der Waals surface area (Å²) in [5.41, 5.74) is 3.58. The van der Waals surface area contributed by atoms with Crippen LogP contribution >= 0.6 is 0 Å². The van der Waals surface area contributed by atoms with Crippen LogP contribution in [-0.4, -0.2) is 70.1 Å². The van der Waals surface area contributed by atoms with Gasteiger partial charge < -0.3 is 19.6 Å². The molecule has 2 atom stereocenters. The van der Waals surface area contributed by atoms with Gasteiger partial charge in [0.15, 0.2) is 0 Å². The summed E-state index contributed by atoms with van der Waals surface area (Å²) in [5, 5.41) is 9.55. The third kappa shape index (κ3) is 7.10. The molecule has 0 saturated carbocycles. The first-order chi connectivity index (χ1) is 21.0. The van der Waals surface area contributed by atoms with Crippen molar-refractivity contribution in [2.24, 2.45) is 0 Å². The number of amides is 3. The van der Waals surface area contributed by atoms with E-state index in [9.17, 15) is 24.3 Å². The van der Waals surface area contributed by atoms with Gasteiger partial charge in [0.05, 0.1) is 18.7 Å². The Morgan fingerprint density at radius 2 is 1.57 bits per heavy atom. The Hall–Kier alpha value is -4.66. The minimum absolute atomic E-state index is 0.0946. The summed E-state index contributed by atoms with van der Waals surface area (Å²) in [7, 11) is 0. The SMILES string of the molecule is CC(C)(C)OC(=O)N1c2ccccc2C[C@@H]1C(=O)N(CCc1ccccc1)CC(=O)N1Cc2ccccc2[C@@H](CC(=O)O)C1. The van der Waals surface area contributed by atoms with Gasteiger partial charge >= 0.3 is 12.1 Å². The highest BCUT2D eigenvalue weighted by Crippen LogP contribution is 2.35. The number of hydrogen-bond donors (Lipinski definition) is 1. The molecule has 2 aliphatic rings. The van der Waals surface area contributed by atoms with Crippen LogP contribution in [0.5, 0.6) is 0 Å². The predicted molar refractivity (Wildman–Crippen MR) is 166 cm³/mol. The molecule has 0 unspecified atom stereocenters. The fourth-order valence-corrected chi connectivity index (χ4v) is 6.06. The van der Waals surface area contributed by atoms with Crippen LogP contribution in [0.1, 0.15) is 55.4 Å². The van der Waals surface area contributed by atoms with Crippen LogP contribution in [0.2, 0.25) is 0 Å². The zero-order chi connectivity index (χ0) is 31.4. The lowest BCUT2D eigenvalue weighted by Crippen LogP contribution is -2.54. The number of carbonyl (C=O) groups excluding carboxylic acids is 3. The van der Waals surface area contributed by atoms with Crippen molar-refractivity contribution in [2.75, 3.05) is 24.5 Å². The van der Waals surface area contributed by atoms with Gasteiger partial charge in [0.25, 0.3) is 0 Å². The molecule has 0 aromatic heterocycles. The fraction of sp³-hybridized carbons (Fsp3) is 0.371. The van der Waals surface area contributed by atoms with E-state index in [1.807, 2.05) is 72.8 Å². The maximum Gasteiger partial charge on any atom is 0.415 e. The van der Waals surface area contributed by atoms with Crippen LogP contribution in [0.3, 0.4) is 0 Å². The first-order valence-corrected chi connectivity index (χ1v) is 15.0. The number of fused-ring (bicyclic) bond motifs is 2. The molecule has 1 N–H and O–H groups in total. The number of carboxylic acids is 1. The Kier molecular flexibility index (Phi) is 9.04. The molecule has 0 bridgehead atoms. The topological polar surface area (TPSA) is 107 Å². The normalized spacial score (nSPS) is 17.4. The molecule has 5 rings (SSSR count). The average Bonchev–Trinajstić information content (AvgIpc) is 3.38. The molecular weight excluding hydrogens is 558 g/mol. The highest BCUT2D eigenvalue weighted by atomic mass is 16.6. The minimum Gasteiger partial charge on any atom is -0.481 e. The van der Waals surface area contributed by atoms with E-state index >= 15 is 0 Å². The Morgan fingerprint density at radius 3 is 2.27 bits per heavy atom. The van der Waals surface area contributed by atoms with Crippen molar-refractivity contribution in [3.8, 4) is 0 Å². The fourth-order valence-electron chi connectivity index (χ4n) is 6.06. The van der Waals surface area contributed by atoms with Crippen LogP contribution < -0.4 is 4.90 Å². The number of anilines is 1. The number of para-hydroxylation sites is 1. The molecule has 0 aliphatic carbocycles. The lowest BCUT2D eigenvalue weighted by molar-refractivity contribution is -0.142. The second kappa shape index (κ2) is 12.9. The van der Waals surface area contributed by atoms with Crippen molar-refractivity contribution in [1.29, 1.82) is 0 Å². The van der Waals surface area contributed by atoms with E-state index in [1.54, 1.807) is 31.7 Å². The maximum atomic E-state index is 14.4. The molecule has 3 amide bonds. The number of rotatable bonds is 8. The molecule has 3 aromatic carbocycles. The van der Waals surface area contributed by atoms with Gasteiger partial charge in [0.1, 0.15) is 11.6 Å². The van der Waals surface area contributed by atoms with Crippen molar-refractivity contribution < 1.29 is 29.0 Å². The summed E-state index contributed by atoms with van der Waals surface area (Å²) in [5.74, 6) is -1.88. The lowest BCUT2D eigenvalue weighted by atomic mass is 9.87. The molecule has 2 aliphatic heterocycles. The van der Waals surface area contributed by atoms with Crippen LogP contribution in [0.4, 0.5) is 10.5 Å². The van der Waals surface area contributed by atoms with Gasteiger partial charge in [0, 0.05) is 32.0 Å². The molecule has 0 spiro atoms. The minimum atomic E-state index is -0.929. The molecule has 9 nitrogen and oxygen atoms in total. The average molecular weight is 598 g/mol. The quantitative estimate of drug-likeness (QED) is 0.391. The third-order valence-electron chi connectivity index (χ3n) is 8.07. The molecule has 3 aromatic rings. The summed E-state index contributed by atoms with van der Waals surface area (Å²) >= 11 is 0. The van der Waals surface area contributed by atoms with E-state index in [1.165, 1.54) is 9.80 Å². The molecule has 44 heavy (non-hydrogen) atoms. The van der Waals surface area contributed by atoms with Gasteiger partial charge in [0.2, 0.25) is 11.8 Å². The van der Waals surface area contributed by atoms with E-state index in [-0.39, 0.29) is 43.8 Å². The zero-order valence-corrected chi connectivity index (χ0v) is 25.4. The first-order valence-electron chi connectivity index (χ1n) is 15.0. The molecular formula is C35H39N3O6. The van der Waals surface area contributed by atoms with Gasteiger partial charge in [-0.1, -0.05) is 72.8 Å². The highest BCUT2D eigenvalue weighted by Gasteiger charge is 2.43.